The third-order valence-electron chi connectivity index (χ3n) is 3.23. The zero-order valence-electron chi connectivity index (χ0n) is 13.2. The van der Waals surface area contributed by atoms with Crippen LogP contribution >= 0.6 is 0 Å². The van der Waals surface area contributed by atoms with Gasteiger partial charge in [-0.3, -0.25) is 4.79 Å². The van der Waals surface area contributed by atoms with E-state index in [1.165, 1.54) is 31.2 Å². The number of amides is 1. The Bertz CT molecular complexity index is 820. The second kappa shape index (κ2) is 7.54. The van der Waals surface area contributed by atoms with Gasteiger partial charge in [0, 0.05) is 6.07 Å². The molecule has 2 aromatic rings. The Balaban J connectivity index is 1.90. The monoisotopic (exact) mass is 355 g/mol. The summed E-state index contributed by atoms with van der Waals surface area (Å²) in [6.07, 6.45) is 0.0127. The number of nitrogens with zero attached hydrogens (tertiary/aromatic N) is 1. The summed E-state index contributed by atoms with van der Waals surface area (Å²) >= 11 is 0. The van der Waals surface area contributed by atoms with Gasteiger partial charge in [0.25, 0.3) is 0 Å². The number of nitrogens with one attached hydrogen (secondary N) is 2. The molecule has 7 nitrogen and oxygen atoms in total. The first-order valence-corrected chi connectivity index (χ1v) is 8.89. The van der Waals surface area contributed by atoms with Crippen LogP contribution < -0.4 is 10.0 Å². The van der Waals surface area contributed by atoms with E-state index in [-0.39, 0.29) is 18.0 Å². The number of carbonyl (C=O) groups is 1. The van der Waals surface area contributed by atoms with Gasteiger partial charge >= 0.3 is 0 Å². The third kappa shape index (κ3) is 5.14. The quantitative estimate of drug-likeness (QED) is 0.786. The first-order valence-electron chi connectivity index (χ1n) is 7.24. The average Bonchev–Trinajstić information content (AvgIpc) is 2.91. The second-order valence-electron chi connectivity index (χ2n) is 5.31. The highest BCUT2D eigenvalue weighted by molar-refractivity contribution is 7.89. The van der Waals surface area contributed by atoms with Crippen molar-refractivity contribution in [1.29, 1.82) is 0 Å². The molecule has 24 heavy (non-hydrogen) atoms. The number of benzene rings is 1. The van der Waals surface area contributed by atoms with Crippen LogP contribution in [0.15, 0.2) is 34.9 Å². The number of hydrogen-bond donors (Lipinski definition) is 2. The molecule has 1 heterocycles. The third-order valence-corrected chi connectivity index (χ3v) is 4.68. The predicted octanol–water partition coefficient (Wildman–Crippen LogP) is 1.61. The molecule has 0 fully saturated rings. The van der Waals surface area contributed by atoms with E-state index in [0.717, 1.165) is 0 Å². The van der Waals surface area contributed by atoms with Crippen molar-refractivity contribution in [3.05, 3.63) is 47.5 Å². The largest absolute Gasteiger partial charge is 0.360 e. The number of aromatic nitrogens is 1. The highest BCUT2D eigenvalue weighted by Gasteiger charge is 2.21. The second-order valence-corrected chi connectivity index (χ2v) is 7.19. The smallest absolute Gasteiger partial charge is 0.243 e. The molecule has 130 valence electrons. The SMILES string of the molecule is Cc1cc(NC(=O)[C@@H](C)NS(=O)(=O)CCc2ccccc2F)no1. The summed E-state index contributed by atoms with van der Waals surface area (Å²) < 4.78 is 44.6. The predicted molar refractivity (Wildman–Crippen MR) is 86.4 cm³/mol. The highest BCUT2D eigenvalue weighted by atomic mass is 32.2. The lowest BCUT2D eigenvalue weighted by atomic mass is 10.2. The van der Waals surface area contributed by atoms with Gasteiger partial charge in [0.2, 0.25) is 15.9 Å². The van der Waals surface area contributed by atoms with Crippen molar-refractivity contribution in [2.24, 2.45) is 0 Å². The lowest BCUT2D eigenvalue weighted by Crippen LogP contribution is -2.42. The number of aryl methyl sites for hydroxylation is 2. The van der Waals surface area contributed by atoms with E-state index in [4.69, 9.17) is 4.52 Å². The summed E-state index contributed by atoms with van der Waals surface area (Å²) in [7, 11) is -3.75. The molecule has 0 saturated heterocycles. The van der Waals surface area contributed by atoms with E-state index in [9.17, 15) is 17.6 Å². The van der Waals surface area contributed by atoms with Crippen molar-refractivity contribution in [2.45, 2.75) is 26.3 Å². The van der Waals surface area contributed by atoms with E-state index in [1.807, 2.05) is 0 Å². The van der Waals surface area contributed by atoms with E-state index in [2.05, 4.69) is 15.2 Å². The molecule has 0 aliphatic carbocycles. The first-order chi connectivity index (χ1) is 11.3. The number of sulfonamides is 1. The fourth-order valence-electron chi connectivity index (χ4n) is 1.99. The fourth-order valence-corrected chi connectivity index (χ4v) is 3.24. The summed E-state index contributed by atoms with van der Waals surface area (Å²) in [5, 5.41) is 6.03. The van der Waals surface area contributed by atoms with E-state index < -0.39 is 27.8 Å². The summed E-state index contributed by atoms with van der Waals surface area (Å²) in [4.78, 5) is 11.9. The lowest BCUT2D eigenvalue weighted by Gasteiger charge is -2.13. The van der Waals surface area contributed by atoms with Gasteiger partial charge in [-0.05, 0) is 31.9 Å². The van der Waals surface area contributed by atoms with Crippen molar-refractivity contribution in [2.75, 3.05) is 11.1 Å². The van der Waals surface area contributed by atoms with E-state index >= 15 is 0 Å². The summed E-state index contributed by atoms with van der Waals surface area (Å²) in [5.41, 5.74) is 0.304. The molecule has 0 bridgehead atoms. The molecule has 0 aliphatic heterocycles. The van der Waals surface area contributed by atoms with Gasteiger partial charge in [0.05, 0.1) is 11.8 Å². The summed E-state index contributed by atoms with van der Waals surface area (Å²) in [5.74, 6) is -0.634. The molecule has 0 aliphatic rings. The maximum atomic E-state index is 13.5. The number of anilines is 1. The fraction of sp³-hybridized carbons (Fsp3) is 0.333. The molecule has 2 N–H and O–H groups in total. The molecule has 1 amide bonds. The molecule has 0 unspecified atom stereocenters. The van der Waals surface area contributed by atoms with Crippen molar-refractivity contribution in [3.63, 3.8) is 0 Å². The van der Waals surface area contributed by atoms with Gasteiger partial charge in [0.1, 0.15) is 11.6 Å². The molecule has 0 spiro atoms. The van der Waals surface area contributed by atoms with Gasteiger partial charge < -0.3 is 9.84 Å². The van der Waals surface area contributed by atoms with Crippen LogP contribution in [-0.4, -0.2) is 31.3 Å². The van der Waals surface area contributed by atoms with Crippen LogP contribution in [0, 0.1) is 12.7 Å². The minimum absolute atomic E-state index is 0.0127. The van der Waals surface area contributed by atoms with E-state index in [0.29, 0.717) is 11.3 Å². The van der Waals surface area contributed by atoms with Crippen molar-refractivity contribution in [1.82, 2.24) is 9.88 Å². The maximum Gasteiger partial charge on any atom is 0.243 e. The van der Waals surface area contributed by atoms with E-state index in [1.54, 1.807) is 13.0 Å². The molecule has 9 heteroatoms. The number of halogens is 1. The first kappa shape index (κ1) is 18.1. The van der Waals surface area contributed by atoms with Crippen molar-refractivity contribution >= 4 is 21.7 Å². The minimum atomic E-state index is -3.75. The van der Waals surface area contributed by atoms with Crippen LogP contribution in [0.2, 0.25) is 0 Å². The Morgan fingerprint density at radius 2 is 2.08 bits per heavy atom. The van der Waals surface area contributed by atoms with Crippen LogP contribution in [0.1, 0.15) is 18.2 Å². The maximum absolute atomic E-state index is 13.5. The van der Waals surface area contributed by atoms with Crippen LogP contribution in [0.3, 0.4) is 0 Å². The molecule has 0 saturated carbocycles. The number of hydrogen-bond acceptors (Lipinski definition) is 5. The Hall–Kier alpha value is -2.26. The van der Waals surface area contributed by atoms with Crippen molar-refractivity contribution < 1.29 is 22.1 Å². The molecule has 1 aromatic heterocycles. The molecule has 2 rings (SSSR count). The van der Waals surface area contributed by atoms with Crippen LogP contribution in [0.4, 0.5) is 10.2 Å². The highest BCUT2D eigenvalue weighted by Crippen LogP contribution is 2.09. The zero-order valence-corrected chi connectivity index (χ0v) is 14.1. The number of carbonyl (C=O) groups excluding carboxylic acids is 1. The Morgan fingerprint density at radius 1 is 1.38 bits per heavy atom. The van der Waals surface area contributed by atoms with Crippen molar-refractivity contribution in [3.8, 4) is 0 Å². The van der Waals surface area contributed by atoms with Gasteiger partial charge in [-0.25, -0.2) is 17.5 Å². The Labute approximate surface area is 139 Å². The van der Waals surface area contributed by atoms with Gasteiger partial charge in [-0.2, -0.15) is 0 Å². The number of rotatable bonds is 7. The lowest BCUT2D eigenvalue weighted by molar-refractivity contribution is -0.117. The summed E-state index contributed by atoms with van der Waals surface area (Å²) in [6, 6.07) is 6.46. The summed E-state index contributed by atoms with van der Waals surface area (Å²) in [6.45, 7) is 3.07. The zero-order chi connectivity index (χ0) is 17.7. The van der Waals surface area contributed by atoms with Gasteiger partial charge in [-0.1, -0.05) is 23.4 Å². The normalized spacial score (nSPS) is 12.8. The standard InChI is InChI=1S/C15H18FN3O4S/c1-10-9-14(18-23-10)17-15(20)11(2)19-24(21,22)8-7-12-5-3-4-6-13(12)16/h3-6,9,11,19H,7-8H2,1-2H3,(H,17,18,20)/t11-/m1/s1. The van der Waals surface area contributed by atoms with Gasteiger partial charge in [-0.15, -0.1) is 0 Å². The Kier molecular flexibility index (Phi) is 5.68. The van der Waals surface area contributed by atoms with Crippen LogP contribution in [0.25, 0.3) is 0 Å². The average molecular weight is 355 g/mol. The molecule has 1 atom stereocenters. The van der Waals surface area contributed by atoms with Crippen LogP contribution in [-0.2, 0) is 21.2 Å². The molecule has 0 radical (unpaired) electrons. The minimum Gasteiger partial charge on any atom is -0.360 e. The van der Waals surface area contributed by atoms with Gasteiger partial charge in [0.15, 0.2) is 5.82 Å². The Morgan fingerprint density at radius 3 is 2.71 bits per heavy atom. The molecule has 1 aromatic carbocycles. The molecular weight excluding hydrogens is 337 g/mol. The van der Waals surface area contributed by atoms with Crippen LogP contribution in [0.5, 0.6) is 0 Å². The molecular formula is C15H18FN3O4S. The topological polar surface area (TPSA) is 101 Å².